The predicted octanol–water partition coefficient (Wildman–Crippen LogP) is -0.252. The van der Waals surface area contributed by atoms with Crippen molar-refractivity contribution in [2.75, 3.05) is 7.11 Å². The Hall–Kier alpha value is -2.64. The molecule has 1 amide bonds. The number of methoxy groups -OCH3 is 1. The van der Waals surface area contributed by atoms with Gasteiger partial charge in [-0.1, -0.05) is 0 Å². The minimum absolute atomic E-state index is 0.109. The summed E-state index contributed by atoms with van der Waals surface area (Å²) in [4.78, 5) is 36.7. The Labute approximate surface area is 108 Å². The maximum absolute atomic E-state index is 11.7. The van der Waals surface area contributed by atoms with Crippen LogP contribution in [0.2, 0.25) is 0 Å². The van der Waals surface area contributed by atoms with E-state index in [2.05, 4.69) is 10.3 Å². The maximum Gasteiger partial charge on any atom is 0.326 e. The lowest BCUT2D eigenvalue weighted by molar-refractivity contribution is -0.145. The summed E-state index contributed by atoms with van der Waals surface area (Å²) >= 11 is 0. The van der Waals surface area contributed by atoms with E-state index < -0.39 is 30.3 Å². The highest BCUT2D eigenvalue weighted by Gasteiger charge is 2.23. The predicted molar refractivity (Wildman–Crippen MR) is 61.9 cm³/mol. The standard InChI is InChI=1S/C11H12N2O6/c1-19-8-3-2-6(5-12-8)10(16)13-7(11(17)18)4-9(14)15/h2-3,5,7H,4H2,1H3,(H,13,16)(H,14,15)(H,17,18). The molecule has 3 N–H and O–H groups in total. The van der Waals surface area contributed by atoms with Crippen LogP contribution < -0.4 is 10.1 Å². The topological polar surface area (TPSA) is 126 Å². The number of nitrogens with one attached hydrogen (secondary N) is 1. The molecule has 1 aromatic rings. The molecule has 102 valence electrons. The van der Waals surface area contributed by atoms with Crippen LogP contribution in [0.15, 0.2) is 18.3 Å². The Morgan fingerprint density at radius 3 is 2.47 bits per heavy atom. The highest BCUT2D eigenvalue weighted by Crippen LogP contribution is 2.07. The first kappa shape index (κ1) is 14.4. The van der Waals surface area contributed by atoms with Gasteiger partial charge in [0, 0.05) is 12.3 Å². The van der Waals surface area contributed by atoms with Gasteiger partial charge < -0.3 is 20.3 Å². The molecule has 1 atom stereocenters. The molecule has 1 rings (SSSR count). The van der Waals surface area contributed by atoms with Crippen LogP contribution in [0.25, 0.3) is 0 Å². The number of hydrogen-bond acceptors (Lipinski definition) is 5. The fourth-order valence-electron chi connectivity index (χ4n) is 1.25. The summed E-state index contributed by atoms with van der Waals surface area (Å²) in [6, 6.07) is 1.33. The third kappa shape index (κ3) is 4.26. The van der Waals surface area contributed by atoms with Crippen LogP contribution in [0.3, 0.4) is 0 Å². The third-order valence-corrected chi connectivity index (χ3v) is 2.19. The second-order valence-electron chi connectivity index (χ2n) is 3.55. The number of rotatable bonds is 6. The molecule has 0 saturated heterocycles. The Morgan fingerprint density at radius 1 is 1.37 bits per heavy atom. The second-order valence-corrected chi connectivity index (χ2v) is 3.55. The van der Waals surface area contributed by atoms with Crippen LogP contribution in [0, 0.1) is 0 Å². The Bertz CT molecular complexity index is 484. The monoisotopic (exact) mass is 268 g/mol. The summed E-state index contributed by atoms with van der Waals surface area (Å²) in [6.07, 6.45) is 0.499. The van der Waals surface area contributed by atoms with E-state index in [1.54, 1.807) is 0 Å². The van der Waals surface area contributed by atoms with Gasteiger partial charge in [-0.3, -0.25) is 9.59 Å². The van der Waals surface area contributed by atoms with Gasteiger partial charge in [-0.15, -0.1) is 0 Å². The number of ether oxygens (including phenoxy) is 1. The van der Waals surface area contributed by atoms with Crippen LogP contribution in [-0.2, 0) is 9.59 Å². The molecule has 8 heteroatoms. The van der Waals surface area contributed by atoms with E-state index in [0.717, 1.165) is 0 Å². The molecule has 19 heavy (non-hydrogen) atoms. The van der Waals surface area contributed by atoms with E-state index in [9.17, 15) is 14.4 Å². The fraction of sp³-hybridized carbons (Fsp3) is 0.273. The van der Waals surface area contributed by atoms with Crippen molar-refractivity contribution < 1.29 is 29.3 Å². The van der Waals surface area contributed by atoms with Crippen molar-refractivity contribution in [1.29, 1.82) is 0 Å². The molecule has 0 aliphatic rings. The van der Waals surface area contributed by atoms with E-state index in [4.69, 9.17) is 14.9 Å². The number of hydrogen-bond donors (Lipinski definition) is 3. The highest BCUT2D eigenvalue weighted by molar-refractivity contribution is 5.97. The van der Waals surface area contributed by atoms with Crippen molar-refractivity contribution in [2.24, 2.45) is 0 Å². The summed E-state index contributed by atoms with van der Waals surface area (Å²) in [7, 11) is 1.41. The Morgan fingerprint density at radius 2 is 2.05 bits per heavy atom. The third-order valence-electron chi connectivity index (χ3n) is 2.19. The Kier molecular flexibility index (Phi) is 4.81. The molecular formula is C11H12N2O6. The molecule has 0 spiro atoms. The molecule has 1 unspecified atom stereocenters. The Balaban J connectivity index is 2.75. The summed E-state index contributed by atoms with van der Waals surface area (Å²) in [5, 5.41) is 19.4. The van der Waals surface area contributed by atoms with E-state index in [-0.39, 0.29) is 5.56 Å². The summed E-state index contributed by atoms with van der Waals surface area (Å²) in [5.74, 6) is -3.15. The highest BCUT2D eigenvalue weighted by atomic mass is 16.5. The van der Waals surface area contributed by atoms with E-state index in [0.29, 0.717) is 5.88 Å². The molecular weight excluding hydrogens is 256 g/mol. The molecule has 8 nitrogen and oxygen atoms in total. The lowest BCUT2D eigenvalue weighted by Crippen LogP contribution is -2.42. The van der Waals surface area contributed by atoms with Gasteiger partial charge in [0.05, 0.1) is 19.1 Å². The van der Waals surface area contributed by atoms with Gasteiger partial charge in [0.2, 0.25) is 5.88 Å². The first-order chi connectivity index (χ1) is 8.93. The zero-order chi connectivity index (χ0) is 14.4. The fourth-order valence-corrected chi connectivity index (χ4v) is 1.25. The van der Waals surface area contributed by atoms with E-state index in [1.807, 2.05) is 0 Å². The summed E-state index contributed by atoms with van der Waals surface area (Å²) < 4.78 is 4.81. The average molecular weight is 268 g/mol. The summed E-state index contributed by atoms with van der Waals surface area (Å²) in [6.45, 7) is 0. The van der Waals surface area contributed by atoms with Gasteiger partial charge in [-0.25, -0.2) is 9.78 Å². The van der Waals surface area contributed by atoms with Gasteiger partial charge in [-0.05, 0) is 6.07 Å². The molecule has 0 radical (unpaired) electrons. The van der Waals surface area contributed by atoms with Crippen molar-refractivity contribution in [3.63, 3.8) is 0 Å². The average Bonchev–Trinajstić information content (AvgIpc) is 2.37. The quantitative estimate of drug-likeness (QED) is 0.649. The van der Waals surface area contributed by atoms with E-state index in [1.165, 1.54) is 25.4 Å². The molecule has 0 saturated carbocycles. The lowest BCUT2D eigenvalue weighted by Gasteiger charge is -2.12. The van der Waals surface area contributed by atoms with Crippen LogP contribution in [0.5, 0.6) is 5.88 Å². The molecule has 1 aromatic heterocycles. The smallest absolute Gasteiger partial charge is 0.326 e. The zero-order valence-electron chi connectivity index (χ0n) is 9.99. The van der Waals surface area contributed by atoms with Crippen molar-refractivity contribution in [2.45, 2.75) is 12.5 Å². The molecule has 0 aliphatic carbocycles. The first-order valence-electron chi connectivity index (χ1n) is 5.19. The SMILES string of the molecule is COc1ccc(C(=O)NC(CC(=O)O)C(=O)O)cn1. The number of carboxylic acid groups (broad SMARTS) is 2. The number of carbonyl (C=O) groups is 3. The number of aliphatic carboxylic acids is 2. The molecule has 0 fully saturated rings. The van der Waals surface area contributed by atoms with Gasteiger partial charge in [0.25, 0.3) is 5.91 Å². The number of aromatic nitrogens is 1. The first-order valence-corrected chi connectivity index (χ1v) is 5.19. The number of carboxylic acids is 2. The van der Waals surface area contributed by atoms with Gasteiger partial charge in [-0.2, -0.15) is 0 Å². The maximum atomic E-state index is 11.7. The minimum atomic E-state index is -1.49. The van der Waals surface area contributed by atoms with Gasteiger partial charge >= 0.3 is 11.9 Å². The summed E-state index contributed by atoms with van der Waals surface area (Å²) in [5.41, 5.74) is 0.109. The number of amides is 1. The molecule has 0 aromatic carbocycles. The zero-order valence-corrected chi connectivity index (χ0v) is 9.99. The second kappa shape index (κ2) is 6.34. The van der Waals surface area contributed by atoms with Crippen molar-refractivity contribution in [3.05, 3.63) is 23.9 Å². The number of pyridine rings is 1. The normalized spacial score (nSPS) is 11.4. The largest absolute Gasteiger partial charge is 0.481 e. The van der Waals surface area contributed by atoms with E-state index >= 15 is 0 Å². The van der Waals surface area contributed by atoms with Crippen molar-refractivity contribution in [1.82, 2.24) is 10.3 Å². The number of carbonyl (C=O) groups excluding carboxylic acids is 1. The van der Waals surface area contributed by atoms with Crippen LogP contribution in [0.1, 0.15) is 16.8 Å². The van der Waals surface area contributed by atoms with Gasteiger partial charge in [0.15, 0.2) is 0 Å². The molecule has 0 bridgehead atoms. The molecule has 0 aliphatic heterocycles. The molecule has 1 heterocycles. The van der Waals surface area contributed by atoms with Crippen LogP contribution in [0.4, 0.5) is 0 Å². The van der Waals surface area contributed by atoms with Gasteiger partial charge in [0.1, 0.15) is 6.04 Å². The van der Waals surface area contributed by atoms with Crippen molar-refractivity contribution in [3.8, 4) is 5.88 Å². The number of nitrogens with zero attached hydrogens (tertiary/aromatic N) is 1. The van der Waals surface area contributed by atoms with Crippen molar-refractivity contribution >= 4 is 17.8 Å². The van der Waals surface area contributed by atoms with Crippen LogP contribution in [-0.4, -0.2) is 46.2 Å². The lowest BCUT2D eigenvalue weighted by atomic mass is 10.2. The minimum Gasteiger partial charge on any atom is -0.481 e. The van der Waals surface area contributed by atoms with Crippen LogP contribution >= 0.6 is 0 Å².